The topological polar surface area (TPSA) is 0 Å². The molecule has 0 aromatic heterocycles. The first kappa shape index (κ1) is 16.2. The summed E-state index contributed by atoms with van der Waals surface area (Å²) in [4.78, 5) is 0. The van der Waals surface area contributed by atoms with Gasteiger partial charge in [-0.2, -0.15) is 0 Å². The van der Waals surface area contributed by atoms with Crippen molar-refractivity contribution < 1.29 is 13.2 Å². The third-order valence-electron chi connectivity index (χ3n) is 3.49. The average Bonchev–Trinajstić information content (AvgIpc) is 2.47. The zero-order valence-electron chi connectivity index (χ0n) is 11.1. The number of halogens is 5. The molecule has 0 fully saturated rings. The third-order valence-corrected chi connectivity index (χ3v) is 4.52. The molecule has 21 heavy (non-hydrogen) atoms. The van der Waals surface area contributed by atoms with Gasteiger partial charge in [-0.05, 0) is 35.7 Å². The van der Waals surface area contributed by atoms with Crippen molar-refractivity contribution >= 4 is 23.2 Å². The number of rotatable bonds is 5. The van der Waals surface area contributed by atoms with Gasteiger partial charge in [0.15, 0.2) is 0 Å². The summed E-state index contributed by atoms with van der Waals surface area (Å²) in [6.07, 6.45) is 0.162. The first-order valence-corrected chi connectivity index (χ1v) is 7.39. The zero-order valence-corrected chi connectivity index (χ0v) is 12.6. The Labute approximate surface area is 131 Å². The van der Waals surface area contributed by atoms with E-state index in [-0.39, 0.29) is 18.2 Å². The molecular weight excluding hydrogens is 320 g/mol. The molecule has 0 saturated heterocycles. The summed E-state index contributed by atoms with van der Waals surface area (Å²) in [6.45, 7) is 0. The highest BCUT2D eigenvalue weighted by molar-refractivity contribution is 6.22. The van der Waals surface area contributed by atoms with Crippen LogP contribution in [0.5, 0.6) is 0 Å². The maximum atomic E-state index is 13.8. The minimum Gasteiger partial charge on any atom is -0.207 e. The summed E-state index contributed by atoms with van der Waals surface area (Å²) < 4.78 is 40.3. The molecule has 112 valence electrons. The molecule has 0 radical (unpaired) electrons. The second-order valence-corrected chi connectivity index (χ2v) is 5.50. The molecule has 0 N–H and O–H groups in total. The SMILES string of the molecule is Fc1cccc(C(CCl)(CCl)Cc2ccc(F)cc2F)c1. The molecule has 5 heteroatoms. The van der Waals surface area contributed by atoms with Crippen LogP contribution in [0, 0.1) is 17.5 Å². The zero-order chi connectivity index (χ0) is 15.5. The van der Waals surface area contributed by atoms with Crippen LogP contribution in [0.1, 0.15) is 11.1 Å². The van der Waals surface area contributed by atoms with E-state index in [0.717, 1.165) is 6.07 Å². The lowest BCUT2D eigenvalue weighted by atomic mass is 9.78. The molecule has 0 aliphatic carbocycles. The quantitative estimate of drug-likeness (QED) is 0.671. The predicted molar refractivity (Wildman–Crippen MR) is 79.6 cm³/mol. The molecular formula is C16H13Cl2F3. The third kappa shape index (κ3) is 3.53. The second kappa shape index (κ2) is 6.71. The van der Waals surface area contributed by atoms with Crippen molar-refractivity contribution in [3.8, 4) is 0 Å². The molecule has 0 unspecified atom stereocenters. The lowest BCUT2D eigenvalue weighted by Crippen LogP contribution is -2.33. The number of hydrogen-bond acceptors (Lipinski definition) is 0. The van der Waals surface area contributed by atoms with Crippen LogP contribution in [-0.4, -0.2) is 11.8 Å². The van der Waals surface area contributed by atoms with Crippen LogP contribution in [0.3, 0.4) is 0 Å². The molecule has 0 bridgehead atoms. The largest absolute Gasteiger partial charge is 0.207 e. The van der Waals surface area contributed by atoms with Gasteiger partial charge in [0.25, 0.3) is 0 Å². The van der Waals surface area contributed by atoms with E-state index >= 15 is 0 Å². The molecule has 0 amide bonds. The summed E-state index contributed by atoms with van der Waals surface area (Å²) in [7, 11) is 0. The van der Waals surface area contributed by atoms with E-state index in [0.29, 0.717) is 11.1 Å². The summed E-state index contributed by atoms with van der Waals surface area (Å²) in [5.74, 6) is -1.53. The number of hydrogen-bond donors (Lipinski definition) is 0. The molecule has 0 aliphatic rings. The smallest absolute Gasteiger partial charge is 0.129 e. The maximum Gasteiger partial charge on any atom is 0.129 e. The number of benzene rings is 2. The van der Waals surface area contributed by atoms with Crippen LogP contribution in [0.4, 0.5) is 13.2 Å². The van der Waals surface area contributed by atoms with Crippen LogP contribution in [-0.2, 0) is 11.8 Å². The lowest BCUT2D eigenvalue weighted by Gasteiger charge is -2.30. The standard InChI is InChI=1S/C16H13Cl2F3/c17-9-16(10-18,12-2-1-3-13(19)6-12)8-11-4-5-14(20)7-15(11)21/h1-7H,8-10H2. The van der Waals surface area contributed by atoms with Gasteiger partial charge in [-0.15, -0.1) is 23.2 Å². The van der Waals surface area contributed by atoms with Crippen molar-refractivity contribution in [3.05, 3.63) is 71.0 Å². The van der Waals surface area contributed by atoms with Crippen LogP contribution in [0.15, 0.2) is 42.5 Å². The molecule has 2 aromatic rings. The van der Waals surface area contributed by atoms with Gasteiger partial charge in [0.2, 0.25) is 0 Å². The van der Waals surface area contributed by atoms with Crippen molar-refractivity contribution in [3.63, 3.8) is 0 Å². The summed E-state index contributed by atoms with van der Waals surface area (Å²) in [5, 5.41) is 0. The van der Waals surface area contributed by atoms with E-state index in [1.807, 2.05) is 0 Å². The van der Waals surface area contributed by atoms with Crippen LogP contribution >= 0.6 is 23.2 Å². The average molecular weight is 333 g/mol. The molecule has 2 aromatic carbocycles. The Bertz CT molecular complexity index is 625. The fourth-order valence-corrected chi connectivity index (χ4v) is 3.02. The highest BCUT2D eigenvalue weighted by Gasteiger charge is 2.32. The Kier molecular flexibility index (Phi) is 5.17. The molecule has 0 aliphatic heterocycles. The minimum absolute atomic E-state index is 0.0940. The minimum atomic E-state index is -0.816. The van der Waals surface area contributed by atoms with Gasteiger partial charge in [-0.3, -0.25) is 0 Å². The first-order valence-electron chi connectivity index (χ1n) is 6.33. The maximum absolute atomic E-state index is 13.8. The Morgan fingerprint density at radius 2 is 1.52 bits per heavy atom. The fraction of sp³-hybridized carbons (Fsp3) is 0.250. The van der Waals surface area contributed by atoms with Crippen molar-refractivity contribution in [1.82, 2.24) is 0 Å². The Hall–Kier alpha value is -1.19. The van der Waals surface area contributed by atoms with Gasteiger partial charge in [0, 0.05) is 23.2 Å². The highest BCUT2D eigenvalue weighted by Crippen LogP contribution is 2.33. The Balaban J connectivity index is 2.43. The predicted octanol–water partition coefficient (Wildman–Crippen LogP) is 5.06. The summed E-state index contributed by atoms with van der Waals surface area (Å²) in [6, 6.07) is 9.26. The van der Waals surface area contributed by atoms with Gasteiger partial charge in [0.05, 0.1) is 0 Å². The highest BCUT2D eigenvalue weighted by atomic mass is 35.5. The van der Waals surface area contributed by atoms with E-state index in [1.165, 1.54) is 24.3 Å². The van der Waals surface area contributed by atoms with E-state index in [1.54, 1.807) is 12.1 Å². The Morgan fingerprint density at radius 3 is 2.10 bits per heavy atom. The van der Waals surface area contributed by atoms with Gasteiger partial charge >= 0.3 is 0 Å². The van der Waals surface area contributed by atoms with Crippen LogP contribution in [0.2, 0.25) is 0 Å². The number of alkyl halides is 2. The molecule has 0 nitrogen and oxygen atoms in total. The summed E-state index contributed by atoms with van der Waals surface area (Å²) >= 11 is 12.1. The van der Waals surface area contributed by atoms with Crippen molar-refractivity contribution in [2.75, 3.05) is 11.8 Å². The second-order valence-electron chi connectivity index (χ2n) is 4.97. The van der Waals surface area contributed by atoms with E-state index in [4.69, 9.17) is 23.2 Å². The van der Waals surface area contributed by atoms with E-state index in [2.05, 4.69) is 0 Å². The van der Waals surface area contributed by atoms with Gasteiger partial charge < -0.3 is 0 Å². The molecule has 0 saturated carbocycles. The van der Waals surface area contributed by atoms with Gasteiger partial charge in [-0.25, -0.2) is 13.2 Å². The normalized spacial score (nSPS) is 11.7. The summed E-state index contributed by atoms with van der Waals surface area (Å²) in [5.41, 5.74) is 0.0716. The molecule has 0 heterocycles. The van der Waals surface area contributed by atoms with Crippen LogP contribution < -0.4 is 0 Å². The van der Waals surface area contributed by atoms with Crippen molar-refractivity contribution in [1.29, 1.82) is 0 Å². The molecule has 0 spiro atoms. The molecule has 0 atom stereocenters. The Morgan fingerprint density at radius 1 is 0.857 bits per heavy atom. The molecule has 2 rings (SSSR count). The van der Waals surface area contributed by atoms with Gasteiger partial charge in [-0.1, -0.05) is 18.2 Å². The lowest BCUT2D eigenvalue weighted by molar-refractivity contribution is 0.502. The van der Waals surface area contributed by atoms with E-state index in [9.17, 15) is 13.2 Å². The van der Waals surface area contributed by atoms with Gasteiger partial charge in [0.1, 0.15) is 17.5 Å². The fourth-order valence-electron chi connectivity index (χ4n) is 2.23. The van der Waals surface area contributed by atoms with Crippen molar-refractivity contribution in [2.24, 2.45) is 0 Å². The van der Waals surface area contributed by atoms with E-state index < -0.39 is 22.9 Å². The first-order chi connectivity index (χ1) is 10.0. The monoisotopic (exact) mass is 332 g/mol. The van der Waals surface area contributed by atoms with Crippen molar-refractivity contribution in [2.45, 2.75) is 11.8 Å². The van der Waals surface area contributed by atoms with Crippen LogP contribution in [0.25, 0.3) is 0 Å².